The number of aromatic nitrogens is 1. The van der Waals surface area contributed by atoms with Gasteiger partial charge in [0.25, 0.3) is 5.91 Å². The number of ether oxygens (including phenoxy) is 2. The van der Waals surface area contributed by atoms with E-state index in [0.29, 0.717) is 11.4 Å². The van der Waals surface area contributed by atoms with Gasteiger partial charge >= 0.3 is 5.97 Å². The summed E-state index contributed by atoms with van der Waals surface area (Å²) in [5, 5.41) is 5.18. The number of nitrogens with one attached hydrogen (secondary N) is 1. The topological polar surface area (TPSA) is 80.8 Å². The predicted molar refractivity (Wildman–Crippen MR) is 100 cm³/mol. The summed E-state index contributed by atoms with van der Waals surface area (Å²) in [5.74, 6) is -0.677. The Morgan fingerprint density at radius 1 is 1.38 bits per heavy atom. The van der Waals surface area contributed by atoms with Crippen LogP contribution in [0.4, 0.5) is 10.8 Å². The molecule has 0 saturated carbocycles. The Bertz CT molecular complexity index is 820. The van der Waals surface area contributed by atoms with E-state index in [4.69, 9.17) is 21.1 Å². The van der Waals surface area contributed by atoms with E-state index in [-0.39, 0.29) is 23.5 Å². The first-order valence-corrected chi connectivity index (χ1v) is 9.29. The highest BCUT2D eigenvalue weighted by molar-refractivity contribution is 7.14. The second kappa shape index (κ2) is 8.03. The minimum atomic E-state index is -0.544. The number of thiazole rings is 1. The van der Waals surface area contributed by atoms with Crippen molar-refractivity contribution in [2.45, 2.75) is 12.0 Å². The molecule has 1 amide bonds. The van der Waals surface area contributed by atoms with E-state index in [0.717, 1.165) is 23.8 Å². The molecule has 2 heterocycles. The number of carbonyl (C=O) groups is 2. The first-order valence-electron chi connectivity index (χ1n) is 7.87. The molecule has 1 fully saturated rings. The number of amides is 1. The fraction of sp³-hybridized carbons (Fsp3) is 0.353. The van der Waals surface area contributed by atoms with Crippen LogP contribution >= 0.6 is 22.9 Å². The number of hydrogen-bond acceptors (Lipinski definition) is 7. The number of benzene rings is 1. The summed E-state index contributed by atoms with van der Waals surface area (Å²) in [6.45, 7) is 1.52. The molecule has 1 aliphatic rings. The Balaban J connectivity index is 1.74. The molecule has 3 rings (SSSR count). The molecular formula is C17H18ClN3O4S. The lowest BCUT2D eigenvalue weighted by atomic mass is 10.1. The quantitative estimate of drug-likeness (QED) is 0.598. The van der Waals surface area contributed by atoms with Gasteiger partial charge in [0.1, 0.15) is 5.69 Å². The normalized spacial score (nSPS) is 14.0. The number of hydrogen-bond donors (Lipinski definition) is 1. The largest absolute Gasteiger partial charge is 0.465 e. The van der Waals surface area contributed by atoms with Gasteiger partial charge in [0.15, 0.2) is 5.13 Å². The SMILES string of the molecule is COC(=O)c1cc(CCl)ccc1NC(=O)c1csc(N2CC(OC)C2)n1. The van der Waals surface area contributed by atoms with Crippen molar-refractivity contribution < 1.29 is 19.1 Å². The van der Waals surface area contributed by atoms with E-state index in [1.165, 1.54) is 18.4 Å². The molecule has 1 aromatic heterocycles. The van der Waals surface area contributed by atoms with Gasteiger partial charge in [-0.3, -0.25) is 4.79 Å². The number of anilines is 2. The lowest BCUT2D eigenvalue weighted by Crippen LogP contribution is -2.51. The van der Waals surface area contributed by atoms with Gasteiger partial charge in [-0.2, -0.15) is 0 Å². The van der Waals surface area contributed by atoms with Crippen LogP contribution in [-0.4, -0.2) is 50.3 Å². The molecule has 7 nitrogen and oxygen atoms in total. The Kier molecular flexibility index (Phi) is 5.75. The summed E-state index contributed by atoms with van der Waals surface area (Å²) < 4.78 is 10.0. The van der Waals surface area contributed by atoms with Gasteiger partial charge in [0, 0.05) is 31.5 Å². The summed E-state index contributed by atoms with van der Waals surface area (Å²) in [4.78, 5) is 30.9. The van der Waals surface area contributed by atoms with Crippen molar-refractivity contribution >= 4 is 45.6 Å². The second-order valence-corrected chi connectivity index (χ2v) is 6.84. The fourth-order valence-electron chi connectivity index (χ4n) is 2.51. The van der Waals surface area contributed by atoms with Gasteiger partial charge in [-0.15, -0.1) is 22.9 Å². The van der Waals surface area contributed by atoms with E-state index in [1.54, 1.807) is 30.7 Å². The Morgan fingerprint density at radius 2 is 2.15 bits per heavy atom. The molecule has 0 radical (unpaired) electrons. The second-order valence-electron chi connectivity index (χ2n) is 5.74. The number of rotatable bonds is 6. The number of alkyl halides is 1. The summed E-state index contributed by atoms with van der Waals surface area (Å²) in [5.41, 5.74) is 1.66. The highest BCUT2D eigenvalue weighted by Gasteiger charge is 2.29. The molecule has 0 spiro atoms. The average Bonchev–Trinajstić information content (AvgIpc) is 3.10. The molecule has 1 N–H and O–H groups in total. The molecule has 1 aliphatic heterocycles. The molecule has 26 heavy (non-hydrogen) atoms. The summed E-state index contributed by atoms with van der Waals surface area (Å²) >= 11 is 7.21. The smallest absolute Gasteiger partial charge is 0.339 e. The number of carbonyl (C=O) groups excluding carboxylic acids is 2. The number of methoxy groups -OCH3 is 2. The third-order valence-corrected chi connectivity index (χ3v) is 5.28. The fourth-order valence-corrected chi connectivity index (χ4v) is 3.50. The van der Waals surface area contributed by atoms with Gasteiger partial charge < -0.3 is 19.7 Å². The van der Waals surface area contributed by atoms with Crippen LogP contribution in [0.25, 0.3) is 0 Å². The molecule has 138 valence electrons. The van der Waals surface area contributed by atoms with Gasteiger partial charge in [-0.25, -0.2) is 9.78 Å². The van der Waals surface area contributed by atoms with E-state index < -0.39 is 5.97 Å². The number of halogens is 1. The van der Waals surface area contributed by atoms with Gasteiger partial charge in [0.2, 0.25) is 0 Å². The van der Waals surface area contributed by atoms with E-state index >= 15 is 0 Å². The molecule has 1 aromatic carbocycles. The van der Waals surface area contributed by atoms with E-state index in [9.17, 15) is 9.59 Å². The summed E-state index contributed by atoms with van der Waals surface area (Å²) in [7, 11) is 2.96. The maximum absolute atomic E-state index is 12.5. The van der Waals surface area contributed by atoms with Crippen molar-refractivity contribution in [2.75, 3.05) is 37.5 Å². The van der Waals surface area contributed by atoms with Crippen LogP contribution in [0.2, 0.25) is 0 Å². The average molecular weight is 396 g/mol. The Labute approximate surface area is 159 Å². The third kappa shape index (κ3) is 3.82. The lowest BCUT2D eigenvalue weighted by Gasteiger charge is -2.37. The molecule has 1 saturated heterocycles. The monoisotopic (exact) mass is 395 g/mol. The molecule has 0 bridgehead atoms. The van der Waals surface area contributed by atoms with Crippen LogP contribution in [0, 0.1) is 0 Å². The molecule has 0 atom stereocenters. The predicted octanol–water partition coefficient (Wildman–Crippen LogP) is 2.76. The zero-order valence-electron chi connectivity index (χ0n) is 14.3. The van der Waals surface area contributed by atoms with Gasteiger partial charge in [-0.05, 0) is 17.7 Å². The van der Waals surface area contributed by atoms with E-state index in [1.807, 2.05) is 4.90 Å². The van der Waals surface area contributed by atoms with Crippen molar-refractivity contribution in [1.82, 2.24) is 4.98 Å². The van der Waals surface area contributed by atoms with E-state index in [2.05, 4.69) is 10.3 Å². The van der Waals surface area contributed by atoms with Crippen LogP contribution in [0.3, 0.4) is 0 Å². The van der Waals surface area contributed by atoms with Gasteiger partial charge in [-0.1, -0.05) is 6.07 Å². The maximum atomic E-state index is 12.5. The Hall–Kier alpha value is -2.16. The van der Waals surface area contributed by atoms with Crippen LogP contribution in [0.15, 0.2) is 23.6 Å². The standard InChI is InChI=1S/C17H18ClN3O4S/c1-24-11-7-21(8-11)17-20-14(9-26-17)15(22)19-13-4-3-10(6-18)5-12(13)16(23)25-2/h3-5,9,11H,6-8H2,1-2H3,(H,19,22). The zero-order valence-corrected chi connectivity index (χ0v) is 15.9. The van der Waals surface area contributed by atoms with Gasteiger partial charge in [0.05, 0.1) is 24.5 Å². The third-order valence-electron chi connectivity index (χ3n) is 4.07. The zero-order chi connectivity index (χ0) is 18.7. The van der Waals surface area contributed by atoms with Crippen LogP contribution in [0.5, 0.6) is 0 Å². The summed E-state index contributed by atoms with van der Waals surface area (Å²) in [6, 6.07) is 4.98. The minimum absolute atomic E-state index is 0.208. The minimum Gasteiger partial charge on any atom is -0.465 e. The van der Waals surface area contributed by atoms with Crippen molar-refractivity contribution in [3.63, 3.8) is 0 Å². The van der Waals surface area contributed by atoms with Crippen molar-refractivity contribution in [3.05, 3.63) is 40.4 Å². The molecule has 2 aromatic rings. The molecular weight excluding hydrogens is 378 g/mol. The Morgan fingerprint density at radius 3 is 2.81 bits per heavy atom. The van der Waals surface area contributed by atoms with Crippen LogP contribution in [-0.2, 0) is 15.4 Å². The number of esters is 1. The summed E-state index contributed by atoms with van der Waals surface area (Å²) in [6.07, 6.45) is 0.208. The first-order chi connectivity index (χ1) is 12.5. The highest BCUT2D eigenvalue weighted by Crippen LogP contribution is 2.27. The van der Waals surface area contributed by atoms with Crippen molar-refractivity contribution in [3.8, 4) is 0 Å². The molecule has 9 heteroatoms. The number of nitrogens with zero attached hydrogens (tertiary/aromatic N) is 2. The molecule has 0 unspecified atom stereocenters. The maximum Gasteiger partial charge on any atom is 0.339 e. The van der Waals surface area contributed by atoms with Crippen molar-refractivity contribution in [2.24, 2.45) is 0 Å². The first kappa shape index (κ1) is 18.6. The van der Waals surface area contributed by atoms with Crippen LogP contribution in [0.1, 0.15) is 26.4 Å². The van der Waals surface area contributed by atoms with Crippen LogP contribution < -0.4 is 10.2 Å². The highest BCUT2D eigenvalue weighted by atomic mass is 35.5. The van der Waals surface area contributed by atoms with Crippen molar-refractivity contribution in [1.29, 1.82) is 0 Å². The molecule has 0 aliphatic carbocycles. The lowest BCUT2D eigenvalue weighted by molar-refractivity contribution is 0.0602.